The quantitative estimate of drug-likeness (QED) is 0.792. The molecule has 1 aromatic heterocycles. The van der Waals surface area contributed by atoms with Gasteiger partial charge in [0.15, 0.2) is 15.5 Å². The fourth-order valence-electron chi connectivity index (χ4n) is 1.16. The number of benzene rings is 1. The van der Waals surface area contributed by atoms with Crippen LogP contribution in [0.25, 0.3) is 10.6 Å². The Kier molecular flexibility index (Phi) is 2.70. The van der Waals surface area contributed by atoms with E-state index in [0.717, 1.165) is 10.6 Å². The number of nitrogens with zero attached hydrogens (tertiary/aromatic N) is 1. The average molecular weight is 240 g/mol. The molecule has 0 bridgehead atoms. The summed E-state index contributed by atoms with van der Waals surface area (Å²) in [7, 11) is 1.51. The minimum absolute atomic E-state index is 0.111. The lowest BCUT2D eigenvalue weighted by atomic mass is 10.2. The van der Waals surface area contributed by atoms with E-state index >= 15 is 0 Å². The number of nitrogens with one attached hydrogen (secondary N) is 1. The molecule has 0 aliphatic carbocycles. The Hall–Kier alpha value is -1.40. The van der Waals surface area contributed by atoms with E-state index in [1.807, 2.05) is 0 Å². The van der Waals surface area contributed by atoms with Crippen molar-refractivity contribution in [1.29, 1.82) is 0 Å². The van der Waals surface area contributed by atoms with Crippen molar-refractivity contribution in [3.63, 3.8) is 0 Å². The van der Waals surface area contributed by atoms with Gasteiger partial charge in [-0.15, -0.1) is 0 Å². The predicted molar refractivity (Wildman–Crippen MR) is 61.0 cm³/mol. The monoisotopic (exact) mass is 240 g/mol. The Bertz CT molecular complexity index is 533. The smallest absolute Gasteiger partial charge is 0.176 e. The van der Waals surface area contributed by atoms with Gasteiger partial charge in [-0.25, -0.2) is 0 Å². The van der Waals surface area contributed by atoms with E-state index < -0.39 is 0 Å². The van der Waals surface area contributed by atoms with Crippen LogP contribution in [0.1, 0.15) is 0 Å². The molecule has 0 unspecified atom stereocenters. The zero-order chi connectivity index (χ0) is 10.8. The predicted octanol–water partition coefficient (Wildman–Crippen LogP) is 2.58. The highest BCUT2D eigenvalue weighted by atomic mass is 32.1. The van der Waals surface area contributed by atoms with Crippen LogP contribution in [0.5, 0.6) is 11.5 Å². The summed E-state index contributed by atoms with van der Waals surface area (Å²) in [5.41, 5.74) is 0.863. The zero-order valence-electron chi connectivity index (χ0n) is 7.85. The SMILES string of the molecule is COc1cc(-c2n[nH]c(=S)s2)ccc1O. The number of ether oxygens (including phenoxy) is 1. The maximum Gasteiger partial charge on any atom is 0.176 e. The topological polar surface area (TPSA) is 58.1 Å². The maximum atomic E-state index is 9.42. The Morgan fingerprint density at radius 3 is 2.93 bits per heavy atom. The minimum Gasteiger partial charge on any atom is -0.504 e. The number of phenolic OH excluding ortho intramolecular Hbond substituents is 1. The number of hydrogen-bond acceptors (Lipinski definition) is 5. The van der Waals surface area contributed by atoms with Gasteiger partial charge in [-0.1, -0.05) is 11.3 Å². The fourth-order valence-corrected chi connectivity index (χ4v) is 2.05. The molecule has 0 saturated carbocycles. The molecule has 2 N–H and O–H groups in total. The molecule has 0 saturated heterocycles. The second-order valence-corrected chi connectivity index (χ2v) is 4.47. The average Bonchev–Trinajstić information content (AvgIpc) is 2.66. The summed E-state index contributed by atoms with van der Waals surface area (Å²) in [5.74, 6) is 0.536. The molecule has 1 heterocycles. The van der Waals surface area contributed by atoms with Gasteiger partial charge in [-0.3, -0.25) is 5.10 Å². The van der Waals surface area contributed by atoms with Crippen LogP contribution in [0.3, 0.4) is 0 Å². The van der Waals surface area contributed by atoms with Gasteiger partial charge >= 0.3 is 0 Å². The van der Waals surface area contributed by atoms with Gasteiger partial charge in [0.25, 0.3) is 0 Å². The lowest BCUT2D eigenvalue weighted by Gasteiger charge is -2.03. The van der Waals surface area contributed by atoms with Crippen LogP contribution in [-0.4, -0.2) is 22.4 Å². The first-order valence-electron chi connectivity index (χ1n) is 4.13. The molecule has 0 aliphatic heterocycles. The first kappa shape index (κ1) is 10.1. The molecule has 4 nitrogen and oxygen atoms in total. The molecular formula is C9H8N2O2S2. The van der Waals surface area contributed by atoms with Gasteiger partial charge in [0.1, 0.15) is 5.01 Å². The van der Waals surface area contributed by atoms with Gasteiger partial charge in [0.05, 0.1) is 7.11 Å². The van der Waals surface area contributed by atoms with Gasteiger partial charge in [-0.05, 0) is 30.4 Å². The lowest BCUT2D eigenvalue weighted by molar-refractivity contribution is 0.373. The van der Waals surface area contributed by atoms with Crippen molar-refractivity contribution in [2.45, 2.75) is 0 Å². The summed E-state index contributed by atoms with van der Waals surface area (Å²) in [5, 5.41) is 16.9. The van der Waals surface area contributed by atoms with Crippen LogP contribution in [-0.2, 0) is 0 Å². The number of hydrogen-bond donors (Lipinski definition) is 2. The zero-order valence-corrected chi connectivity index (χ0v) is 9.48. The molecule has 0 aliphatic rings. The standard InChI is InChI=1S/C9H8N2O2S2/c1-13-7-4-5(2-3-6(7)12)8-10-11-9(14)15-8/h2-4,12H,1H3,(H,11,14). The van der Waals surface area contributed by atoms with Crippen LogP contribution >= 0.6 is 23.6 Å². The number of methoxy groups -OCH3 is 1. The molecule has 6 heteroatoms. The van der Waals surface area contributed by atoms with E-state index in [9.17, 15) is 5.11 Å². The van der Waals surface area contributed by atoms with Crippen molar-refractivity contribution in [2.24, 2.45) is 0 Å². The van der Waals surface area contributed by atoms with E-state index in [1.165, 1.54) is 18.4 Å². The van der Waals surface area contributed by atoms with E-state index in [2.05, 4.69) is 10.2 Å². The first-order chi connectivity index (χ1) is 7.20. The van der Waals surface area contributed by atoms with Crippen LogP contribution in [0.15, 0.2) is 18.2 Å². The highest BCUT2D eigenvalue weighted by Crippen LogP contribution is 2.31. The molecule has 0 atom stereocenters. The van der Waals surface area contributed by atoms with Crippen molar-refractivity contribution in [3.8, 4) is 22.1 Å². The molecule has 2 rings (SSSR count). The summed E-state index contributed by atoms with van der Waals surface area (Å²) < 4.78 is 5.63. The Labute approximate surface area is 95.2 Å². The summed E-state index contributed by atoms with van der Waals surface area (Å²) in [6.45, 7) is 0. The number of aromatic amines is 1. The Balaban J connectivity index is 2.50. The van der Waals surface area contributed by atoms with Gasteiger partial charge in [0, 0.05) is 5.56 Å². The van der Waals surface area contributed by atoms with Crippen LogP contribution in [0.2, 0.25) is 0 Å². The Morgan fingerprint density at radius 1 is 1.53 bits per heavy atom. The maximum absolute atomic E-state index is 9.42. The highest BCUT2D eigenvalue weighted by molar-refractivity contribution is 7.73. The summed E-state index contributed by atoms with van der Waals surface area (Å²) in [4.78, 5) is 0. The fraction of sp³-hybridized carbons (Fsp3) is 0.111. The number of aromatic hydroxyl groups is 1. The lowest BCUT2D eigenvalue weighted by Crippen LogP contribution is -1.84. The molecule has 1 aromatic carbocycles. The van der Waals surface area contributed by atoms with Gasteiger partial charge in [0.2, 0.25) is 0 Å². The highest BCUT2D eigenvalue weighted by Gasteiger charge is 2.06. The van der Waals surface area contributed by atoms with E-state index in [1.54, 1.807) is 18.2 Å². The third kappa shape index (κ3) is 2.00. The van der Waals surface area contributed by atoms with Crippen LogP contribution in [0.4, 0.5) is 0 Å². The van der Waals surface area contributed by atoms with E-state index in [-0.39, 0.29) is 5.75 Å². The molecule has 78 valence electrons. The molecule has 15 heavy (non-hydrogen) atoms. The van der Waals surface area contributed by atoms with Crippen molar-refractivity contribution >= 4 is 23.6 Å². The van der Waals surface area contributed by atoms with Crippen molar-refractivity contribution < 1.29 is 9.84 Å². The van der Waals surface area contributed by atoms with Crippen molar-refractivity contribution in [2.75, 3.05) is 7.11 Å². The summed E-state index contributed by atoms with van der Waals surface area (Å²) >= 11 is 6.32. The molecule has 0 amide bonds. The minimum atomic E-state index is 0.111. The van der Waals surface area contributed by atoms with Gasteiger partial charge in [-0.2, -0.15) is 5.10 Å². The van der Waals surface area contributed by atoms with Crippen molar-refractivity contribution in [1.82, 2.24) is 10.2 Å². The number of H-pyrrole nitrogens is 1. The second-order valence-electron chi connectivity index (χ2n) is 2.80. The second kappa shape index (κ2) is 4.00. The summed E-state index contributed by atoms with van der Waals surface area (Å²) in [6.07, 6.45) is 0. The molecule has 0 spiro atoms. The molecule has 2 aromatic rings. The van der Waals surface area contributed by atoms with E-state index in [4.69, 9.17) is 17.0 Å². The first-order valence-corrected chi connectivity index (χ1v) is 5.36. The number of aromatic nitrogens is 2. The van der Waals surface area contributed by atoms with Crippen molar-refractivity contribution in [3.05, 3.63) is 22.2 Å². The Morgan fingerprint density at radius 2 is 2.33 bits per heavy atom. The third-order valence-electron chi connectivity index (χ3n) is 1.86. The molecular weight excluding hydrogens is 232 g/mol. The van der Waals surface area contributed by atoms with Crippen LogP contribution < -0.4 is 4.74 Å². The normalized spacial score (nSPS) is 10.2. The van der Waals surface area contributed by atoms with Gasteiger partial charge < -0.3 is 9.84 Å². The molecule has 0 fully saturated rings. The number of phenols is 1. The largest absolute Gasteiger partial charge is 0.504 e. The molecule has 0 radical (unpaired) electrons. The third-order valence-corrected chi connectivity index (χ3v) is 3.00. The summed E-state index contributed by atoms with van der Waals surface area (Å²) in [6, 6.07) is 5.05. The van der Waals surface area contributed by atoms with Crippen LogP contribution in [0, 0.1) is 3.95 Å². The van der Waals surface area contributed by atoms with E-state index in [0.29, 0.717) is 9.70 Å². The number of rotatable bonds is 2.